The van der Waals surface area contributed by atoms with E-state index in [0.29, 0.717) is 18.8 Å². The van der Waals surface area contributed by atoms with Gasteiger partial charge in [0.2, 0.25) is 15.9 Å². The Kier molecular flexibility index (Phi) is 9.54. The number of carbonyl (C=O) groups is 1. The molecular weight excluding hydrogens is 478 g/mol. The Balaban J connectivity index is 1.71. The van der Waals surface area contributed by atoms with Crippen LogP contribution in [0.15, 0.2) is 89.8 Å². The number of amides is 1. The first-order valence-electron chi connectivity index (χ1n) is 11.7. The molecule has 0 aliphatic carbocycles. The molecule has 0 saturated carbocycles. The molecule has 0 aliphatic rings. The van der Waals surface area contributed by atoms with E-state index in [1.807, 2.05) is 74.5 Å². The summed E-state index contributed by atoms with van der Waals surface area (Å²) in [5, 5.41) is 5.90. The summed E-state index contributed by atoms with van der Waals surface area (Å²) >= 11 is 5.38. The van der Waals surface area contributed by atoms with E-state index < -0.39 is 15.9 Å². The van der Waals surface area contributed by atoms with Crippen LogP contribution in [0.2, 0.25) is 0 Å². The summed E-state index contributed by atoms with van der Waals surface area (Å²) in [6.45, 7) is 4.88. The molecule has 0 fully saturated rings. The van der Waals surface area contributed by atoms with Crippen molar-refractivity contribution >= 4 is 38.9 Å². The van der Waals surface area contributed by atoms with Crippen LogP contribution in [0.1, 0.15) is 43.7 Å². The van der Waals surface area contributed by atoms with E-state index in [4.69, 9.17) is 12.2 Å². The van der Waals surface area contributed by atoms with Crippen LogP contribution in [0.3, 0.4) is 0 Å². The molecule has 0 aliphatic heterocycles. The molecule has 0 atom stereocenters. The van der Waals surface area contributed by atoms with Gasteiger partial charge >= 0.3 is 0 Å². The maximum atomic E-state index is 13.2. The van der Waals surface area contributed by atoms with Gasteiger partial charge in [0.1, 0.15) is 0 Å². The fraction of sp³-hybridized carbons (Fsp3) is 0.259. The zero-order valence-electron chi connectivity index (χ0n) is 20.0. The summed E-state index contributed by atoms with van der Waals surface area (Å²) in [4.78, 5) is 13.4. The van der Waals surface area contributed by atoms with Crippen LogP contribution in [0, 0.1) is 0 Å². The lowest BCUT2D eigenvalue weighted by atomic mass is 9.90. The van der Waals surface area contributed by atoms with Crippen molar-refractivity contribution < 1.29 is 13.2 Å². The minimum absolute atomic E-state index is 0.140. The van der Waals surface area contributed by atoms with Gasteiger partial charge in [-0.3, -0.25) is 4.79 Å². The van der Waals surface area contributed by atoms with E-state index in [-0.39, 0.29) is 15.9 Å². The molecule has 2 N–H and O–H groups in total. The summed E-state index contributed by atoms with van der Waals surface area (Å²) < 4.78 is 27.4. The van der Waals surface area contributed by atoms with E-state index in [1.165, 1.54) is 4.31 Å². The average Bonchev–Trinajstić information content (AvgIpc) is 2.85. The van der Waals surface area contributed by atoms with E-state index in [1.54, 1.807) is 24.3 Å². The van der Waals surface area contributed by atoms with Crippen molar-refractivity contribution in [2.45, 2.75) is 37.5 Å². The largest absolute Gasteiger partial charge is 0.332 e. The molecule has 0 saturated heterocycles. The fourth-order valence-corrected chi connectivity index (χ4v) is 5.69. The third-order valence-corrected chi connectivity index (χ3v) is 7.58. The molecule has 0 bridgehead atoms. The molecule has 3 rings (SSSR count). The predicted octanol–water partition coefficient (Wildman–Crippen LogP) is 5.14. The number of nitrogens with zero attached hydrogens (tertiary/aromatic N) is 1. The Morgan fingerprint density at radius 1 is 0.829 bits per heavy atom. The van der Waals surface area contributed by atoms with E-state index in [0.717, 1.165) is 24.0 Å². The van der Waals surface area contributed by atoms with Crippen LogP contribution >= 0.6 is 12.2 Å². The molecule has 0 heterocycles. The van der Waals surface area contributed by atoms with Gasteiger partial charge in [0.15, 0.2) is 5.11 Å². The van der Waals surface area contributed by atoms with Crippen molar-refractivity contribution in [2.75, 3.05) is 18.4 Å². The summed E-state index contributed by atoms with van der Waals surface area (Å²) in [5.41, 5.74) is 2.30. The number of benzene rings is 3. The second-order valence-corrected chi connectivity index (χ2v) is 10.5. The second-order valence-electron chi connectivity index (χ2n) is 8.13. The first-order chi connectivity index (χ1) is 16.9. The highest BCUT2D eigenvalue weighted by atomic mass is 32.2. The number of nitrogens with one attached hydrogen (secondary N) is 2. The van der Waals surface area contributed by atoms with Crippen LogP contribution in [0.5, 0.6) is 0 Å². The lowest BCUT2D eigenvalue weighted by molar-refractivity contribution is -0.120. The Bertz CT molecular complexity index is 1170. The van der Waals surface area contributed by atoms with E-state index >= 15 is 0 Å². The summed E-state index contributed by atoms with van der Waals surface area (Å²) in [6.07, 6.45) is 1.50. The van der Waals surface area contributed by atoms with Crippen molar-refractivity contribution in [3.05, 3.63) is 96.1 Å². The first kappa shape index (κ1) is 26.5. The topological polar surface area (TPSA) is 78.5 Å². The summed E-state index contributed by atoms with van der Waals surface area (Å²) in [6, 6.07) is 25.4. The van der Waals surface area contributed by atoms with Gasteiger partial charge in [0.25, 0.3) is 0 Å². The number of hydrogen-bond acceptors (Lipinski definition) is 4. The monoisotopic (exact) mass is 509 g/mol. The van der Waals surface area contributed by atoms with Gasteiger partial charge in [0, 0.05) is 18.8 Å². The fourth-order valence-electron chi connectivity index (χ4n) is 3.84. The minimum atomic E-state index is -3.56. The smallest absolute Gasteiger partial charge is 0.243 e. The molecule has 1 amide bonds. The Hall–Kier alpha value is -3.07. The maximum Gasteiger partial charge on any atom is 0.243 e. The summed E-state index contributed by atoms with van der Waals surface area (Å²) in [5.74, 6) is -0.776. The molecule has 6 nitrogen and oxygen atoms in total. The van der Waals surface area contributed by atoms with Crippen LogP contribution in [-0.2, 0) is 14.8 Å². The standard InChI is InChI=1S/C27H31N3O3S2/c1-3-19-30(20-4-2)35(32,33)24-17-15-23(16-18-24)28-27(34)29-26(31)25(21-11-7-5-8-12-21)22-13-9-6-10-14-22/h5-18,25H,3-4,19-20H2,1-2H3,(H2,28,29,31,34). The Morgan fingerprint density at radius 2 is 1.31 bits per heavy atom. The zero-order chi connectivity index (χ0) is 25.3. The second kappa shape index (κ2) is 12.6. The molecule has 0 aromatic heterocycles. The summed E-state index contributed by atoms with van der Waals surface area (Å²) in [7, 11) is -3.56. The molecule has 35 heavy (non-hydrogen) atoms. The van der Waals surface area contributed by atoms with Gasteiger partial charge in [-0.15, -0.1) is 0 Å². The van der Waals surface area contributed by atoms with E-state index in [9.17, 15) is 13.2 Å². The number of anilines is 1. The van der Waals surface area contributed by atoms with Crippen LogP contribution in [0.25, 0.3) is 0 Å². The number of sulfonamides is 1. The number of thiocarbonyl (C=S) groups is 1. The van der Waals surface area contributed by atoms with Gasteiger partial charge in [-0.05, 0) is 60.5 Å². The number of carbonyl (C=O) groups excluding carboxylic acids is 1. The first-order valence-corrected chi connectivity index (χ1v) is 13.5. The highest BCUT2D eigenvalue weighted by molar-refractivity contribution is 7.89. The Labute approximate surface area is 213 Å². The van der Waals surface area contributed by atoms with Gasteiger partial charge in [0.05, 0.1) is 10.8 Å². The molecule has 0 unspecified atom stereocenters. The normalized spacial score (nSPS) is 11.4. The van der Waals surface area contributed by atoms with Crippen LogP contribution in [0.4, 0.5) is 5.69 Å². The van der Waals surface area contributed by atoms with Crippen molar-refractivity contribution in [3.8, 4) is 0 Å². The molecule has 8 heteroatoms. The van der Waals surface area contributed by atoms with Crippen LogP contribution in [-0.4, -0.2) is 36.8 Å². The van der Waals surface area contributed by atoms with Crippen molar-refractivity contribution in [3.63, 3.8) is 0 Å². The molecular formula is C27H31N3O3S2. The molecule has 0 spiro atoms. The van der Waals surface area contributed by atoms with E-state index in [2.05, 4.69) is 10.6 Å². The minimum Gasteiger partial charge on any atom is -0.332 e. The van der Waals surface area contributed by atoms with Crippen molar-refractivity contribution in [1.82, 2.24) is 9.62 Å². The third-order valence-electron chi connectivity index (χ3n) is 5.46. The van der Waals surface area contributed by atoms with Crippen molar-refractivity contribution in [2.24, 2.45) is 0 Å². The quantitative estimate of drug-likeness (QED) is 0.370. The van der Waals surface area contributed by atoms with Crippen LogP contribution < -0.4 is 10.6 Å². The van der Waals surface area contributed by atoms with Gasteiger partial charge in [-0.25, -0.2) is 8.42 Å². The molecule has 0 radical (unpaired) electrons. The average molecular weight is 510 g/mol. The number of hydrogen-bond donors (Lipinski definition) is 2. The highest BCUT2D eigenvalue weighted by Crippen LogP contribution is 2.25. The highest BCUT2D eigenvalue weighted by Gasteiger charge is 2.24. The molecule has 3 aromatic rings. The SMILES string of the molecule is CCCN(CCC)S(=O)(=O)c1ccc(NC(=S)NC(=O)C(c2ccccc2)c2ccccc2)cc1. The molecule has 184 valence electrons. The lowest BCUT2D eigenvalue weighted by Crippen LogP contribution is -2.37. The third kappa shape index (κ3) is 6.97. The van der Waals surface area contributed by atoms with Crippen molar-refractivity contribution in [1.29, 1.82) is 0 Å². The Morgan fingerprint density at radius 3 is 1.77 bits per heavy atom. The number of rotatable bonds is 10. The zero-order valence-corrected chi connectivity index (χ0v) is 21.6. The van der Waals surface area contributed by atoms with Gasteiger partial charge in [-0.1, -0.05) is 74.5 Å². The van der Waals surface area contributed by atoms with Gasteiger partial charge in [-0.2, -0.15) is 4.31 Å². The van der Waals surface area contributed by atoms with Gasteiger partial charge < -0.3 is 10.6 Å². The lowest BCUT2D eigenvalue weighted by Gasteiger charge is -2.21. The predicted molar refractivity (Wildman–Crippen MR) is 145 cm³/mol. The maximum absolute atomic E-state index is 13.2. The molecule has 3 aromatic carbocycles.